The second-order valence-electron chi connectivity index (χ2n) is 6.56. The van der Waals surface area contributed by atoms with Crippen LogP contribution in [0, 0.1) is 11.3 Å². The highest BCUT2D eigenvalue weighted by atomic mass is 15.1. The van der Waals surface area contributed by atoms with Crippen LogP contribution in [0.5, 0.6) is 0 Å². The Morgan fingerprint density at radius 2 is 1.83 bits per heavy atom. The number of likely N-dealkylation sites (N-methyl/N-ethyl adjacent to an activating group) is 1. The lowest BCUT2D eigenvalue weighted by atomic mass is 9.86. The molecule has 4 heteroatoms. The number of rotatable bonds is 5. The SMILES string of the molecule is CN(C)CCNc1nc(-c2ccccc2)c2c(c1C#N)CCCC2. The average Bonchev–Trinajstić information content (AvgIpc) is 2.61. The van der Waals surface area contributed by atoms with E-state index in [1.165, 1.54) is 17.5 Å². The summed E-state index contributed by atoms with van der Waals surface area (Å²) in [6.07, 6.45) is 4.31. The maximum Gasteiger partial charge on any atom is 0.145 e. The number of pyridine rings is 1. The first-order chi connectivity index (χ1) is 11.7. The van der Waals surface area contributed by atoms with Gasteiger partial charge in [0.15, 0.2) is 0 Å². The number of nitriles is 1. The van der Waals surface area contributed by atoms with Crippen LogP contribution in [0.3, 0.4) is 0 Å². The first-order valence-corrected chi connectivity index (χ1v) is 8.60. The summed E-state index contributed by atoms with van der Waals surface area (Å²) in [5, 5.41) is 13.1. The second kappa shape index (κ2) is 7.46. The topological polar surface area (TPSA) is 52.0 Å². The molecule has 124 valence electrons. The minimum absolute atomic E-state index is 0.735. The standard InChI is InChI=1S/C20H24N4/c1-24(2)13-12-22-20-18(14-21)16-10-6-7-11-17(16)19(23-20)15-8-4-3-5-9-15/h3-5,8-9H,6-7,10-13H2,1-2H3,(H,22,23). The Labute approximate surface area is 144 Å². The molecule has 0 saturated carbocycles. The Balaban J connectivity index is 2.07. The molecule has 1 heterocycles. The second-order valence-corrected chi connectivity index (χ2v) is 6.56. The number of benzene rings is 1. The van der Waals surface area contributed by atoms with Crippen LogP contribution in [-0.2, 0) is 12.8 Å². The van der Waals surface area contributed by atoms with Crippen LogP contribution in [-0.4, -0.2) is 37.1 Å². The Morgan fingerprint density at radius 3 is 2.50 bits per heavy atom. The van der Waals surface area contributed by atoms with Crippen molar-refractivity contribution in [1.82, 2.24) is 9.88 Å². The lowest BCUT2D eigenvalue weighted by Crippen LogP contribution is -2.22. The molecule has 0 unspecified atom stereocenters. The van der Waals surface area contributed by atoms with Crippen LogP contribution < -0.4 is 5.32 Å². The summed E-state index contributed by atoms with van der Waals surface area (Å²) in [4.78, 5) is 6.99. The van der Waals surface area contributed by atoms with Gasteiger partial charge >= 0.3 is 0 Å². The first kappa shape index (κ1) is 16.5. The van der Waals surface area contributed by atoms with Crippen molar-refractivity contribution in [2.24, 2.45) is 0 Å². The van der Waals surface area contributed by atoms with Crippen LogP contribution in [0.15, 0.2) is 30.3 Å². The van der Waals surface area contributed by atoms with Gasteiger partial charge in [0.25, 0.3) is 0 Å². The van der Waals surface area contributed by atoms with Crippen LogP contribution in [0.4, 0.5) is 5.82 Å². The Bertz CT molecular complexity index is 744. The molecule has 1 aliphatic rings. The molecule has 1 aromatic heterocycles. The van der Waals surface area contributed by atoms with Crippen molar-refractivity contribution in [2.75, 3.05) is 32.5 Å². The zero-order chi connectivity index (χ0) is 16.9. The Kier molecular flexibility index (Phi) is 5.12. The van der Waals surface area contributed by atoms with Gasteiger partial charge in [-0.05, 0) is 50.9 Å². The Hall–Kier alpha value is -2.38. The average molecular weight is 320 g/mol. The number of anilines is 1. The largest absolute Gasteiger partial charge is 0.368 e. The van der Waals surface area contributed by atoms with Gasteiger partial charge in [0.05, 0.1) is 11.3 Å². The maximum absolute atomic E-state index is 9.70. The molecule has 0 amide bonds. The summed E-state index contributed by atoms with van der Waals surface area (Å²) in [6, 6.07) is 12.7. The molecule has 1 N–H and O–H groups in total. The van der Waals surface area contributed by atoms with Crippen LogP contribution >= 0.6 is 0 Å². The van der Waals surface area contributed by atoms with Gasteiger partial charge in [-0.3, -0.25) is 0 Å². The highest BCUT2D eigenvalue weighted by Gasteiger charge is 2.22. The lowest BCUT2D eigenvalue weighted by Gasteiger charge is -2.23. The van der Waals surface area contributed by atoms with E-state index in [2.05, 4.69) is 28.4 Å². The molecule has 0 spiro atoms. The molecule has 24 heavy (non-hydrogen) atoms. The van der Waals surface area contributed by atoms with E-state index >= 15 is 0 Å². The number of hydrogen-bond donors (Lipinski definition) is 1. The lowest BCUT2D eigenvalue weighted by molar-refractivity contribution is 0.425. The van der Waals surface area contributed by atoms with Gasteiger partial charge in [0.2, 0.25) is 0 Å². The predicted octanol–water partition coefficient (Wildman–Crippen LogP) is 3.47. The molecular weight excluding hydrogens is 296 g/mol. The monoisotopic (exact) mass is 320 g/mol. The van der Waals surface area contributed by atoms with E-state index in [4.69, 9.17) is 4.98 Å². The third kappa shape index (κ3) is 3.42. The van der Waals surface area contributed by atoms with Gasteiger partial charge in [0, 0.05) is 18.7 Å². The van der Waals surface area contributed by atoms with Crippen molar-refractivity contribution in [3.63, 3.8) is 0 Å². The highest BCUT2D eigenvalue weighted by molar-refractivity contribution is 5.72. The number of aromatic nitrogens is 1. The third-order valence-corrected chi connectivity index (χ3v) is 4.53. The molecule has 0 saturated heterocycles. The summed E-state index contributed by atoms with van der Waals surface area (Å²) < 4.78 is 0. The van der Waals surface area contributed by atoms with E-state index in [-0.39, 0.29) is 0 Å². The number of nitrogens with zero attached hydrogens (tertiary/aromatic N) is 3. The van der Waals surface area contributed by atoms with E-state index in [0.717, 1.165) is 55.0 Å². The molecule has 3 rings (SSSR count). The van der Waals surface area contributed by atoms with Crippen molar-refractivity contribution < 1.29 is 0 Å². The molecule has 1 aromatic carbocycles. The number of hydrogen-bond acceptors (Lipinski definition) is 4. The Morgan fingerprint density at radius 1 is 1.12 bits per heavy atom. The molecule has 0 atom stereocenters. The first-order valence-electron chi connectivity index (χ1n) is 8.60. The zero-order valence-corrected chi connectivity index (χ0v) is 14.5. The fraction of sp³-hybridized carbons (Fsp3) is 0.400. The minimum Gasteiger partial charge on any atom is -0.368 e. The van der Waals surface area contributed by atoms with Gasteiger partial charge in [-0.15, -0.1) is 0 Å². The minimum atomic E-state index is 0.735. The van der Waals surface area contributed by atoms with Gasteiger partial charge in [-0.2, -0.15) is 5.26 Å². The van der Waals surface area contributed by atoms with Gasteiger partial charge < -0.3 is 10.2 Å². The number of nitrogens with one attached hydrogen (secondary N) is 1. The molecule has 4 nitrogen and oxygen atoms in total. The molecule has 0 aliphatic heterocycles. The van der Waals surface area contributed by atoms with E-state index in [0.29, 0.717) is 0 Å². The van der Waals surface area contributed by atoms with Crippen molar-refractivity contribution >= 4 is 5.82 Å². The fourth-order valence-electron chi connectivity index (χ4n) is 3.30. The molecule has 2 aromatic rings. The predicted molar refractivity (Wildman–Crippen MR) is 98.1 cm³/mol. The maximum atomic E-state index is 9.70. The van der Waals surface area contributed by atoms with Crippen molar-refractivity contribution in [3.05, 3.63) is 47.0 Å². The molecule has 1 aliphatic carbocycles. The third-order valence-electron chi connectivity index (χ3n) is 4.53. The summed E-state index contributed by atoms with van der Waals surface area (Å²) in [5.74, 6) is 0.735. The van der Waals surface area contributed by atoms with Gasteiger partial charge in [0.1, 0.15) is 11.9 Å². The summed E-state index contributed by atoms with van der Waals surface area (Å²) in [7, 11) is 4.09. The van der Waals surface area contributed by atoms with E-state index < -0.39 is 0 Å². The van der Waals surface area contributed by atoms with Crippen molar-refractivity contribution in [3.8, 4) is 17.3 Å². The number of fused-ring (bicyclic) bond motifs is 1. The van der Waals surface area contributed by atoms with Crippen molar-refractivity contribution in [2.45, 2.75) is 25.7 Å². The fourth-order valence-corrected chi connectivity index (χ4v) is 3.30. The van der Waals surface area contributed by atoms with Gasteiger partial charge in [-0.25, -0.2) is 4.98 Å². The van der Waals surface area contributed by atoms with Crippen molar-refractivity contribution in [1.29, 1.82) is 5.26 Å². The summed E-state index contributed by atoms with van der Waals surface area (Å²) in [6.45, 7) is 1.69. The smallest absolute Gasteiger partial charge is 0.145 e. The van der Waals surface area contributed by atoms with Gasteiger partial charge in [-0.1, -0.05) is 30.3 Å². The highest BCUT2D eigenvalue weighted by Crippen LogP contribution is 2.35. The van der Waals surface area contributed by atoms with Crippen LogP contribution in [0.1, 0.15) is 29.5 Å². The normalized spacial score (nSPS) is 13.4. The molecule has 0 fully saturated rings. The van der Waals surface area contributed by atoms with Crippen LogP contribution in [0.2, 0.25) is 0 Å². The zero-order valence-electron chi connectivity index (χ0n) is 14.5. The van der Waals surface area contributed by atoms with E-state index in [1.807, 2.05) is 32.3 Å². The summed E-state index contributed by atoms with van der Waals surface area (Å²) in [5.41, 5.74) is 5.38. The molecule has 0 bridgehead atoms. The van der Waals surface area contributed by atoms with E-state index in [9.17, 15) is 5.26 Å². The quantitative estimate of drug-likeness (QED) is 0.916. The van der Waals surface area contributed by atoms with Crippen LogP contribution in [0.25, 0.3) is 11.3 Å². The van der Waals surface area contributed by atoms with E-state index in [1.54, 1.807) is 0 Å². The molecular formula is C20H24N4. The molecule has 0 radical (unpaired) electrons. The summed E-state index contributed by atoms with van der Waals surface area (Å²) >= 11 is 0.